The molecule has 4 aromatic rings. The Morgan fingerprint density at radius 2 is 1.93 bits per heavy atom. The van der Waals surface area contributed by atoms with Crippen LogP contribution in [0.25, 0.3) is 10.9 Å². The van der Waals surface area contributed by atoms with Crippen molar-refractivity contribution in [3.05, 3.63) is 93.6 Å². The predicted octanol–water partition coefficient (Wildman–Crippen LogP) is 4.61. The monoisotopic (exact) mass is 394 g/mol. The summed E-state index contributed by atoms with van der Waals surface area (Å²) >= 11 is 5.84. The van der Waals surface area contributed by atoms with Crippen LogP contribution in [0.4, 0.5) is 5.69 Å². The van der Waals surface area contributed by atoms with Gasteiger partial charge in [-0.25, -0.2) is 0 Å². The number of amides is 1. The van der Waals surface area contributed by atoms with Crippen molar-refractivity contribution < 1.29 is 13.9 Å². The van der Waals surface area contributed by atoms with Crippen LogP contribution in [0.15, 0.2) is 76.3 Å². The van der Waals surface area contributed by atoms with Crippen LogP contribution in [-0.2, 0) is 6.61 Å². The van der Waals surface area contributed by atoms with E-state index in [4.69, 9.17) is 20.8 Å². The number of rotatable bonds is 5. The second-order valence-electron chi connectivity index (χ2n) is 6.12. The van der Waals surface area contributed by atoms with Gasteiger partial charge in [-0.2, -0.15) is 0 Å². The van der Waals surface area contributed by atoms with E-state index >= 15 is 0 Å². The second-order valence-corrected chi connectivity index (χ2v) is 6.56. The zero-order chi connectivity index (χ0) is 19.5. The van der Waals surface area contributed by atoms with Crippen LogP contribution in [0, 0.1) is 0 Å². The molecular formula is C21H15ClN2O4. The smallest absolute Gasteiger partial charge is 0.291 e. The Labute approximate surface area is 164 Å². The number of hydrogen-bond acceptors (Lipinski definition) is 4. The maximum absolute atomic E-state index is 12.4. The van der Waals surface area contributed by atoms with E-state index in [1.165, 1.54) is 0 Å². The average Bonchev–Trinajstić information content (AvgIpc) is 3.16. The maximum Gasteiger partial charge on any atom is 0.291 e. The van der Waals surface area contributed by atoms with Crippen molar-refractivity contribution in [1.29, 1.82) is 0 Å². The summed E-state index contributed by atoms with van der Waals surface area (Å²) in [6.45, 7) is 0.184. The molecule has 0 aliphatic carbocycles. The quantitative estimate of drug-likeness (QED) is 0.518. The molecule has 2 aromatic heterocycles. The molecule has 2 N–H and O–H groups in total. The first-order valence-corrected chi connectivity index (χ1v) is 8.85. The second kappa shape index (κ2) is 7.62. The number of anilines is 1. The highest BCUT2D eigenvalue weighted by molar-refractivity contribution is 6.30. The van der Waals surface area contributed by atoms with E-state index in [2.05, 4.69) is 10.3 Å². The summed E-state index contributed by atoms with van der Waals surface area (Å²) in [5.74, 6) is -0.595. The van der Waals surface area contributed by atoms with E-state index in [-0.39, 0.29) is 18.1 Å². The molecule has 0 saturated heterocycles. The molecule has 0 aliphatic rings. The lowest BCUT2D eigenvalue weighted by Crippen LogP contribution is -2.15. The highest BCUT2D eigenvalue weighted by Crippen LogP contribution is 2.18. The molecule has 0 atom stereocenters. The van der Waals surface area contributed by atoms with Crippen molar-refractivity contribution in [2.24, 2.45) is 0 Å². The van der Waals surface area contributed by atoms with Crippen molar-refractivity contribution in [3.8, 4) is 5.75 Å². The predicted molar refractivity (Wildman–Crippen MR) is 107 cm³/mol. The van der Waals surface area contributed by atoms with E-state index in [1.54, 1.807) is 36.4 Å². The van der Waals surface area contributed by atoms with E-state index in [0.717, 1.165) is 28.8 Å². The highest BCUT2D eigenvalue weighted by atomic mass is 35.5. The molecule has 0 spiro atoms. The molecule has 140 valence electrons. The maximum atomic E-state index is 12.4. The lowest BCUT2D eigenvalue weighted by atomic mass is 10.2. The molecule has 1 amide bonds. The molecule has 0 fully saturated rings. The van der Waals surface area contributed by atoms with Gasteiger partial charge in [0, 0.05) is 28.5 Å². The number of halogens is 1. The molecule has 0 bridgehead atoms. The van der Waals surface area contributed by atoms with Crippen LogP contribution in [-0.4, -0.2) is 10.9 Å². The molecule has 2 heterocycles. The summed E-state index contributed by atoms with van der Waals surface area (Å²) in [7, 11) is 0. The molecule has 0 saturated carbocycles. The highest BCUT2D eigenvalue weighted by Gasteiger charge is 2.13. The van der Waals surface area contributed by atoms with Gasteiger partial charge in [0.25, 0.3) is 5.91 Å². The lowest BCUT2D eigenvalue weighted by molar-refractivity contribution is 0.0993. The molecule has 6 nitrogen and oxygen atoms in total. The van der Waals surface area contributed by atoms with Gasteiger partial charge in [0.05, 0.1) is 0 Å². The largest absolute Gasteiger partial charge is 0.482 e. The van der Waals surface area contributed by atoms with Gasteiger partial charge in [0.2, 0.25) is 11.2 Å². The number of benzene rings is 2. The van der Waals surface area contributed by atoms with Gasteiger partial charge in [-0.1, -0.05) is 29.8 Å². The van der Waals surface area contributed by atoms with Crippen LogP contribution >= 0.6 is 11.6 Å². The zero-order valence-corrected chi connectivity index (χ0v) is 15.3. The fraction of sp³-hybridized carbons (Fsp3) is 0.0476. The van der Waals surface area contributed by atoms with Gasteiger partial charge < -0.3 is 19.5 Å². The summed E-state index contributed by atoms with van der Waals surface area (Å²) in [5, 5.41) is 4.36. The zero-order valence-electron chi connectivity index (χ0n) is 14.6. The summed E-state index contributed by atoms with van der Waals surface area (Å²) in [5.41, 5.74) is 1.89. The number of fused-ring (bicyclic) bond motifs is 1. The third kappa shape index (κ3) is 3.92. The number of hydrogen-bond donors (Lipinski definition) is 2. The van der Waals surface area contributed by atoms with Gasteiger partial charge in [0.15, 0.2) is 5.76 Å². The molecule has 28 heavy (non-hydrogen) atoms. The van der Waals surface area contributed by atoms with Gasteiger partial charge in [-0.05, 0) is 41.3 Å². The number of nitrogens with one attached hydrogen (secondary N) is 2. The Balaban J connectivity index is 1.44. The first-order valence-electron chi connectivity index (χ1n) is 8.47. The van der Waals surface area contributed by atoms with Crippen LogP contribution in [0.3, 0.4) is 0 Å². The Hall–Kier alpha value is -3.51. The van der Waals surface area contributed by atoms with Crippen molar-refractivity contribution in [3.63, 3.8) is 0 Å². The van der Waals surface area contributed by atoms with Crippen molar-refractivity contribution in [2.75, 3.05) is 5.32 Å². The van der Waals surface area contributed by atoms with Gasteiger partial charge in [-0.3, -0.25) is 9.59 Å². The van der Waals surface area contributed by atoms with Crippen LogP contribution < -0.4 is 15.5 Å². The Morgan fingerprint density at radius 3 is 2.71 bits per heavy atom. The lowest BCUT2D eigenvalue weighted by Gasteiger charge is -2.07. The number of aromatic nitrogens is 1. The molecule has 0 radical (unpaired) electrons. The number of aromatic amines is 1. The number of ether oxygens (including phenoxy) is 1. The van der Waals surface area contributed by atoms with Crippen molar-refractivity contribution >= 4 is 34.1 Å². The minimum atomic E-state index is -0.521. The van der Waals surface area contributed by atoms with Crippen LogP contribution in [0.2, 0.25) is 5.02 Å². The van der Waals surface area contributed by atoms with Crippen molar-refractivity contribution in [1.82, 2.24) is 4.98 Å². The fourth-order valence-electron chi connectivity index (χ4n) is 2.68. The van der Waals surface area contributed by atoms with Crippen LogP contribution in [0.1, 0.15) is 16.1 Å². The van der Waals surface area contributed by atoms with E-state index in [1.807, 2.05) is 18.3 Å². The number of carbonyl (C=O) groups excluding carboxylic acids is 1. The van der Waals surface area contributed by atoms with Crippen molar-refractivity contribution in [2.45, 2.75) is 6.61 Å². The summed E-state index contributed by atoms with van der Waals surface area (Å²) < 4.78 is 10.8. The third-order valence-corrected chi connectivity index (χ3v) is 4.39. The molecule has 2 aromatic carbocycles. The first-order chi connectivity index (χ1) is 13.6. The summed E-state index contributed by atoms with van der Waals surface area (Å²) in [6, 6.07) is 15.6. The minimum absolute atomic E-state index is 0.0271. The molecular weight excluding hydrogens is 380 g/mol. The van der Waals surface area contributed by atoms with Gasteiger partial charge >= 0.3 is 0 Å². The Kier molecular flexibility index (Phi) is 4.87. The average molecular weight is 395 g/mol. The Morgan fingerprint density at radius 1 is 1.11 bits per heavy atom. The molecule has 4 rings (SSSR count). The number of carbonyl (C=O) groups is 1. The molecule has 7 heteroatoms. The molecule has 0 aliphatic heterocycles. The first kappa shape index (κ1) is 17.9. The number of H-pyrrole nitrogens is 1. The van der Waals surface area contributed by atoms with Crippen LogP contribution in [0.5, 0.6) is 5.75 Å². The minimum Gasteiger partial charge on any atom is -0.482 e. The fourth-order valence-corrected chi connectivity index (χ4v) is 2.81. The normalized spacial score (nSPS) is 10.8. The SMILES string of the molecule is O=C(Nc1ccc2cc[nH]c2c1)c1cc(=O)c(OCc2ccc(Cl)cc2)co1. The molecule has 0 unspecified atom stereocenters. The van der Waals surface area contributed by atoms with Gasteiger partial charge in [-0.15, -0.1) is 0 Å². The summed E-state index contributed by atoms with van der Waals surface area (Å²) in [4.78, 5) is 27.6. The summed E-state index contributed by atoms with van der Waals surface area (Å²) in [6.07, 6.45) is 2.96. The van der Waals surface area contributed by atoms with E-state index in [9.17, 15) is 9.59 Å². The standard InChI is InChI=1S/C21H15ClN2O4/c22-15-4-1-13(2-5-15)11-27-20-12-28-19(10-18(20)25)21(26)24-16-6-3-14-7-8-23-17(14)9-16/h1-10,12,23H,11H2,(H,24,26). The topological polar surface area (TPSA) is 84.3 Å². The third-order valence-electron chi connectivity index (χ3n) is 4.14. The Bertz CT molecular complexity index is 1190. The van der Waals surface area contributed by atoms with E-state index in [0.29, 0.717) is 10.7 Å². The van der Waals surface area contributed by atoms with Gasteiger partial charge in [0.1, 0.15) is 12.9 Å². The van der Waals surface area contributed by atoms with E-state index < -0.39 is 11.3 Å².